The van der Waals surface area contributed by atoms with E-state index in [-0.39, 0.29) is 5.91 Å². The molecule has 1 unspecified atom stereocenters. The highest BCUT2D eigenvalue weighted by Crippen LogP contribution is 2.22. The molecule has 2 aromatic heterocycles. The molecule has 1 aromatic carbocycles. The number of imidazole rings is 1. The molecular weight excluding hydrogens is 374 g/mol. The zero-order chi connectivity index (χ0) is 20.3. The molecule has 3 aromatic rings. The van der Waals surface area contributed by atoms with E-state index >= 15 is 0 Å². The highest BCUT2D eigenvalue weighted by Gasteiger charge is 2.31. The second-order valence-corrected chi connectivity index (χ2v) is 8.53. The van der Waals surface area contributed by atoms with Crippen LogP contribution in [0.15, 0.2) is 48.9 Å². The Labute approximate surface area is 177 Å². The van der Waals surface area contributed by atoms with Gasteiger partial charge in [0.05, 0.1) is 11.9 Å². The van der Waals surface area contributed by atoms with Crippen molar-refractivity contribution in [3.8, 4) is 0 Å². The highest BCUT2D eigenvalue weighted by atomic mass is 16.2. The van der Waals surface area contributed by atoms with Gasteiger partial charge in [0, 0.05) is 31.9 Å². The Morgan fingerprint density at radius 3 is 2.70 bits per heavy atom. The van der Waals surface area contributed by atoms with Crippen LogP contribution in [0.4, 0.5) is 0 Å². The van der Waals surface area contributed by atoms with Gasteiger partial charge in [0.25, 0.3) is 5.91 Å². The van der Waals surface area contributed by atoms with E-state index in [1.54, 1.807) is 6.20 Å². The van der Waals surface area contributed by atoms with Crippen molar-refractivity contribution in [2.45, 2.75) is 44.7 Å². The molecule has 156 valence electrons. The van der Waals surface area contributed by atoms with E-state index < -0.39 is 0 Å². The monoisotopic (exact) mass is 403 g/mol. The summed E-state index contributed by atoms with van der Waals surface area (Å²) in [6.45, 7) is 4.86. The number of carbonyl (C=O) groups excluding carboxylic acids is 1. The molecule has 4 heterocycles. The van der Waals surface area contributed by atoms with E-state index in [1.807, 2.05) is 23.4 Å². The SMILES string of the molecule is O=C(c1cnc2c(c1)ncn2CCc1ccccc1)N1CCC(N2CCCCC2)C1. The average Bonchev–Trinajstić information content (AvgIpc) is 3.46. The van der Waals surface area contributed by atoms with Crippen molar-refractivity contribution in [2.24, 2.45) is 0 Å². The lowest BCUT2D eigenvalue weighted by Crippen LogP contribution is -2.41. The third kappa shape index (κ3) is 3.97. The van der Waals surface area contributed by atoms with E-state index in [0.717, 1.165) is 43.6 Å². The number of amides is 1. The fraction of sp³-hybridized carbons (Fsp3) is 0.458. The van der Waals surface area contributed by atoms with Gasteiger partial charge in [0.2, 0.25) is 0 Å². The summed E-state index contributed by atoms with van der Waals surface area (Å²) in [6.07, 6.45) is 9.48. The largest absolute Gasteiger partial charge is 0.337 e. The molecule has 0 radical (unpaired) electrons. The number of likely N-dealkylation sites (tertiary alicyclic amines) is 2. The lowest BCUT2D eigenvalue weighted by Gasteiger charge is -2.32. The molecule has 2 aliphatic heterocycles. The third-order valence-electron chi connectivity index (χ3n) is 6.54. The lowest BCUT2D eigenvalue weighted by molar-refractivity contribution is 0.0771. The van der Waals surface area contributed by atoms with E-state index in [9.17, 15) is 4.79 Å². The number of nitrogens with zero attached hydrogens (tertiary/aromatic N) is 5. The maximum atomic E-state index is 13.1. The van der Waals surface area contributed by atoms with Crippen molar-refractivity contribution < 1.29 is 4.79 Å². The molecule has 2 saturated heterocycles. The number of aromatic nitrogens is 3. The number of aryl methyl sites for hydroxylation is 2. The van der Waals surface area contributed by atoms with E-state index in [4.69, 9.17) is 0 Å². The number of hydrogen-bond acceptors (Lipinski definition) is 4. The van der Waals surface area contributed by atoms with Crippen LogP contribution < -0.4 is 0 Å². The molecule has 1 atom stereocenters. The van der Waals surface area contributed by atoms with Gasteiger partial charge >= 0.3 is 0 Å². The fourth-order valence-electron chi connectivity index (χ4n) is 4.81. The molecule has 5 rings (SSSR count). The zero-order valence-corrected chi connectivity index (χ0v) is 17.4. The second-order valence-electron chi connectivity index (χ2n) is 8.53. The van der Waals surface area contributed by atoms with Gasteiger partial charge in [-0.05, 0) is 50.4 Å². The van der Waals surface area contributed by atoms with E-state index in [0.29, 0.717) is 11.6 Å². The van der Waals surface area contributed by atoms with E-state index in [2.05, 4.69) is 43.7 Å². The molecule has 0 aliphatic carbocycles. The summed E-state index contributed by atoms with van der Waals surface area (Å²) < 4.78 is 2.07. The van der Waals surface area contributed by atoms with Gasteiger partial charge in [-0.15, -0.1) is 0 Å². The summed E-state index contributed by atoms with van der Waals surface area (Å²) in [4.78, 5) is 26.7. The Bertz CT molecular complexity index is 1010. The van der Waals surface area contributed by atoms with Gasteiger partial charge in [0.15, 0.2) is 5.65 Å². The van der Waals surface area contributed by atoms with Crippen LogP contribution in [0.1, 0.15) is 41.6 Å². The Kier molecular flexibility index (Phi) is 5.49. The highest BCUT2D eigenvalue weighted by molar-refractivity contribution is 5.96. The Hall–Kier alpha value is -2.73. The molecule has 6 nitrogen and oxygen atoms in total. The van der Waals surface area contributed by atoms with Gasteiger partial charge < -0.3 is 9.47 Å². The minimum absolute atomic E-state index is 0.0859. The summed E-state index contributed by atoms with van der Waals surface area (Å²) in [5, 5.41) is 0. The number of piperidine rings is 1. The smallest absolute Gasteiger partial charge is 0.255 e. The van der Waals surface area contributed by atoms with Crippen LogP contribution in [0.25, 0.3) is 11.2 Å². The predicted octanol–water partition coefficient (Wildman–Crippen LogP) is 3.37. The van der Waals surface area contributed by atoms with Crippen LogP contribution in [0.2, 0.25) is 0 Å². The Morgan fingerprint density at radius 2 is 1.87 bits per heavy atom. The number of carbonyl (C=O) groups is 1. The van der Waals surface area contributed by atoms with E-state index in [1.165, 1.54) is 37.9 Å². The predicted molar refractivity (Wildman–Crippen MR) is 117 cm³/mol. The third-order valence-corrected chi connectivity index (χ3v) is 6.54. The molecular formula is C24H29N5O. The first-order valence-electron chi connectivity index (χ1n) is 11.2. The van der Waals surface area contributed by atoms with Gasteiger partial charge in [-0.25, -0.2) is 9.97 Å². The first kappa shape index (κ1) is 19.2. The summed E-state index contributed by atoms with van der Waals surface area (Å²) in [6, 6.07) is 12.8. The maximum absolute atomic E-state index is 13.1. The molecule has 0 N–H and O–H groups in total. The number of rotatable bonds is 5. The summed E-state index contributed by atoms with van der Waals surface area (Å²) >= 11 is 0. The molecule has 1 amide bonds. The Balaban J connectivity index is 1.25. The van der Waals surface area contributed by atoms with Crippen molar-refractivity contribution in [2.75, 3.05) is 26.2 Å². The quantitative estimate of drug-likeness (QED) is 0.655. The van der Waals surface area contributed by atoms with Crippen LogP contribution in [0.5, 0.6) is 0 Å². The maximum Gasteiger partial charge on any atom is 0.255 e. The first-order valence-corrected chi connectivity index (χ1v) is 11.2. The van der Waals surface area contributed by atoms with Gasteiger partial charge in [0.1, 0.15) is 5.52 Å². The second kappa shape index (κ2) is 8.56. The van der Waals surface area contributed by atoms with Gasteiger partial charge in [-0.1, -0.05) is 36.8 Å². The minimum atomic E-state index is 0.0859. The summed E-state index contributed by atoms with van der Waals surface area (Å²) in [5.74, 6) is 0.0859. The summed E-state index contributed by atoms with van der Waals surface area (Å²) in [7, 11) is 0. The van der Waals surface area contributed by atoms with Crippen LogP contribution in [0, 0.1) is 0 Å². The average molecular weight is 404 g/mol. The molecule has 6 heteroatoms. The fourth-order valence-corrected chi connectivity index (χ4v) is 4.81. The van der Waals surface area contributed by atoms with Gasteiger partial charge in [-0.2, -0.15) is 0 Å². The van der Waals surface area contributed by atoms with Crippen molar-refractivity contribution in [1.82, 2.24) is 24.3 Å². The number of benzene rings is 1. The first-order chi connectivity index (χ1) is 14.8. The normalized spacial score (nSPS) is 20.1. The topological polar surface area (TPSA) is 54.3 Å². The van der Waals surface area contributed by atoms with Crippen LogP contribution in [-0.4, -0.2) is 62.5 Å². The van der Waals surface area contributed by atoms with Gasteiger partial charge in [-0.3, -0.25) is 9.69 Å². The van der Waals surface area contributed by atoms with Crippen molar-refractivity contribution in [1.29, 1.82) is 0 Å². The number of pyridine rings is 1. The molecule has 0 saturated carbocycles. The van der Waals surface area contributed by atoms with Crippen LogP contribution in [0.3, 0.4) is 0 Å². The Morgan fingerprint density at radius 1 is 1.03 bits per heavy atom. The number of hydrogen-bond donors (Lipinski definition) is 0. The minimum Gasteiger partial charge on any atom is -0.337 e. The summed E-state index contributed by atoms with van der Waals surface area (Å²) in [5.41, 5.74) is 3.58. The van der Waals surface area contributed by atoms with Crippen LogP contribution in [-0.2, 0) is 13.0 Å². The zero-order valence-electron chi connectivity index (χ0n) is 17.4. The molecule has 2 aliphatic rings. The molecule has 0 bridgehead atoms. The molecule has 30 heavy (non-hydrogen) atoms. The molecule has 0 spiro atoms. The van der Waals surface area contributed by atoms with Crippen molar-refractivity contribution in [3.05, 3.63) is 60.0 Å². The number of fused-ring (bicyclic) bond motifs is 1. The van der Waals surface area contributed by atoms with Crippen LogP contribution >= 0.6 is 0 Å². The van der Waals surface area contributed by atoms with Crippen molar-refractivity contribution in [3.63, 3.8) is 0 Å². The lowest BCUT2D eigenvalue weighted by atomic mass is 10.1. The van der Waals surface area contributed by atoms with Crippen molar-refractivity contribution >= 4 is 17.1 Å². The molecule has 2 fully saturated rings. The standard InChI is InChI=1S/C24H29N5O/c30-24(28-14-10-21(17-28)27-11-5-2-6-12-27)20-15-22-23(25-16-20)29(18-26-22)13-9-19-7-3-1-4-8-19/h1,3-4,7-8,15-16,18,21H,2,5-6,9-14,17H2.